The molecule has 0 amide bonds. The van der Waals surface area contributed by atoms with Crippen molar-refractivity contribution < 1.29 is 26.3 Å². The SMILES string of the molecule is FC(F)(F)C1(C(F)(F)F)CCN(c2nc(-c3ccccc3)cs2)C1. The zero-order valence-electron chi connectivity index (χ0n) is 12.2. The van der Waals surface area contributed by atoms with Gasteiger partial charge in [0, 0.05) is 24.0 Å². The first kappa shape index (κ1) is 17.1. The van der Waals surface area contributed by atoms with Gasteiger partial charge in [-0.2, -0.15) is 26.3 Å². The van der Waals surface area contributed by atoms with E-state index in [-0.39, 0.29) is 11.7 Å². The van der Waals surface area contributed by atoms with E-state index < -0.39 is 30.7 Å². The van der Waals surface area contributed by atoms with E-state index in [4.69, 9.17) is 0 Å². The van der Waals surface area contributed by atoms with Crippen LogP contribution in [0.15, 0.2) is 35.7 Å². The van der Waals surface area contributed by atoms with Gasteiger partial charge in [0.1, 0.15) is 0 Å². The number of benzene rings is 1. The second-order valence-electron chi connectivity index (χ2n) is 5.63. The van der Waals surface area contributed by atoms with Gasteiger partial charge in [0.25, 0.3) is 0 Å². The molecule has 0 aliphatic carbocycles. The van der Waals surface area contributed by atoms with Crippen molar-refractivity contribution in [3.63, 3.8) is 0 Å². The Kier molecular flexibility index (Phi) is 4.01. The predicted molar refractivity (Wildman–Crippen MR) is 78.9 cm³/mol. The van der Waals surface area contributed by atoms with E-state index in [9.17, 15) is 26.3 Å². The number of aromatic nitrogens is 1. The van der Waals surface area contributed by atoms with Crippen LogP contribution >= 0.6 is 11.3 Å². The molecule has 24 heavy (non-hydrogen) atoms. The van der Waals surface area contributed by atoms with Crippen molar-refractivity contribution >= 4 is 16.5 Å². The molecule has 2 heterocycles. The van der Waals surface area contributed by atoms with Crippen LogP contribution in [0.1, 0.15) is 6.42 Å². The molecule has 0 bridgehead atoms. The van der Waals surface area contributed by atoms with Crippen molar-refractivity contribution in [2.45, 2.75) is 18.8 Å². The first-order valence-electron chi connectivity index (χ1n) is 7.03. The molecule has 1 aromatic carbocycles. The molecule has 0 N–H and O–H groups in total. The summed E-state index contributed by atoms with van der Waals surface area (Å²) in [5.41, 5.74) is -2.40. The number of nitrogens with zero attached hydrogens (tertiary/aromatic N) is 2. The second-order valence-corrected chi connectivity index (χ2v) is 6.47. The summed E-state index contributed by atoms with van der Waals surface area (Å²) in [5, 5.41) is 1.80. The van der Waals surface area contributed by atoms with Gasteiger partial charge in [-0.15, -0.1) is 11.3 Å². The summed E-state index contributed by atoms with van der Waals surface area (Å²) in [7, 11) is 0. The van der Waals surface area contributed by atoms with Crippen molar-refractivity contribution in [3.8, 4) is 11.3 Å². The Balaban J connectivity index is 1.87. The Morgan fingerprint density at radius 2 is 1.62 bits per heavy atom. The minimum Gasteiger partial charge on any atom is -0.347 e. The first-order chi connectivity index (χ1) is 11.1. The Morgan fingerprint density at radius 1 is 1.00 bits per heavy atom. The standard InChI is InChI=1S/C15H12F6N2S/c16-14(17,18)13(15(19,20)21)6-7-23(9-13)12-22-11(8-24-12)10-4-2-1-3-5-10/h1-5,8H,6-7,9H2. The zero-order valence-corrected chi connectivity index (χ0v) is 13.0. The molecule has 0 unspecified atom stereocenters. The van der Waals surface area contributed by atoms with Gasteiger partial charge in [-0.25, -0.2) is 4.98 Å². The maximum Gasteiger partial charge on any atom is 0.404 e. The lowest BCUT2D eigenvalue weighted by atomic mass is 9.85. The molecule has 130 valence electrons. The van der Waals surface area contributed by atoms with Crippen LogP contribution in [-0.4, -0.2) is 30.4 Å². The van der Waals surface area contributed by atoms with Crippen LogP contribution in [0, 0.1) is 5.41 Å². The van der Waals surface area contributed by atoms with Gasteiger partial charge < -0.3 is 4.90 Å². The van der Waals surface area contributed by atoms with E-state index in [2.05, 4.69) is 4.98 Å². The van der Waals surface area contributed by atoms with Crippen LogP contribution in [0.3, 0.4) is 0 Å². The summed E-state index contributed by atoms with van der Waals surface area (Å²) in [6.45, 7) is -1.48. The third-order valence-corrected chi connectivity index (χ3v) is 5.09. The molecule has 1 saturated heterocycles. The predicted octanol–water partition coefficient (Wildman–Crippen LogP) is 5.13. The molecule has 9 heteroatoms. The lowest BCUT2D eigenvalue weighted by molar-refractivity contribution is -0.332. The molecule has 0 saturated carbocycles. The minimum atomic E-state index is -5.35. The highest BCUT2D eigenvalue weighted by Gasteiger charge is 2.72. The van der Waals surface area contributed by atoms with Crippen molar-refractivity contribution in [1.82, 2.24) is 4.98 Å². The third kappa shape index (κ3) is 2.74. The van der Waals surface area contributed by atoms with Gasteiger partial charge in [0.2, 0.25) is 0 Å². The van der Waals surface area contributed by atoms with Crippen LogP contribution < -0.4 is 4.90 Å². The molecular weight excluding hydrogens is 354 g/mol. The summed E-state index contributed by atoms with van der Waals surface area (Å²) in [4.78, 5) is 5.27. The van der Waals surface area contributed by atoms with Gasteiger partial charge in [0.05, 0.1) is 5.69 Å². The van der Waals surface area contributed by atoms with Crippen LogP contribution in [0.5, 0.6) is 0 Å². The van der Waals surface area contributed by atoms with Crippen molar-refractivity contribution in [1.29, 1.82) is 0 Å². The summed E-state index contributed by atoms with van der Waals surface area (Å²) in [6.07, 6.45) is -11.7. The number of halogens is 6. The number of anilines is 1. The second kappa shape index (κ2) is 5.65. The molecule has 1 fully saturated rings. The summed E-state index contributed by atoms with van der Waals surface area (Å²) < 4.78 is 78.6. The van der Waals surface area contributed by atoms with Crippen molar-refractivity contribution in [3.05, 3.63) is 35.7 Å². The van der Waals surface area contributed by atoms with E-state index in [1.54, 1.807) is 35.7 Å². The maximum atomic E-state index is 13.1. The average molecular weight is 366 g/mol. The van der Waals surface area contributed by atoms with E-state index >= 15 is 0 Å². The highest BCUT2D eigenvalue weighted by Crippen LogP contribution is 2.56. The number of hydrogen-bond donors (Lipinski definition) is 0. The van der Waals surface area contributed by atoms with Gasteiger partial charge >= 0.3 is 12.4 Å². The summed E-state index contributed by atoms with van der Waals surface area (Å²) in [5.74, 6) is 0. The van der Waals surface area contributed by atoms with E-state index in [1.807, 2.05) is 0 Å². The quantitative estimate of drug-likeness (QED) is 0.685. The number of thiazole rings is 1. The lowest BCUT2D eigenvalue weighted by Crippen LogP contribution is -2.51. The summed E-state index contributed by atoms with van der Waals surface area (Å²) in [6, 6.07) is 8.92. The number of rotatable bonds is 2. The van der Waals surface area contributed by atoms with Gasteiger partial charge in [-0.3, -0.25) is 0 Å². The highest BCUT2D eigenvalue weighted by molar-refractivity contribution is 7.14. The average Bonchev–Trinajstić information content (AvgIpc) is 3.14. The Morgan fingerprint density at radius 3 is 2.17 bits per heavy atom. The molecule has 2 aromatic rings. The molecule has 3 rings (SSSR count). The Hall–Kier alpha value is -1.77. The van der Waals surface area contributed by atoms with E-state index in [1.165, 1.54) is 0 Å². The molecule has 0 radical (unpaired) electrons. The minimum absolute atomic E-state index is 0.171. The van der Waals surface area contributed by atoms with Crippen LogP contribution in [0.4, 0.5) is 31.5 Å². The molecule has 1 aromatic heterocycles. The van der Waals surface area contributed by atoms with E-state index in [0.717, 1.165) is 21.8 Å². The molecule has 2 nitrogen and oxygen atoms in total. The topological polar surface area (TPSA) is 16.1 Å². The highest BCUT2D eigenvalue weighted by atomic mass is 32.1. The Labute approximate surface area is 137 Å². The molecule has 1 aliphatic rings. The number of hydrogen-bond acceptors (Lipinski definition) is 3. The van der Waals surface area contributed by atoms with E-state index in [0.29, 0.717) is 5.69 Å². The van der Waals surface area contributed by atoms with Crippen LogP contribution in [0.2, 0.25) is 0 Å². The Bertz CT molecular complexity index is 693. The fourth-order valence-corrected chi connectivity index (χ4v) is 3.61. The van der Waals surface area contributed by atoms with Crippen LogP contribution in [-0.2, 0) is 0 Å². The molecule has 0 atom stereocenters. The van der Waals surface area contributed by atoms with Gasteiger partial charge in [-0.05, 0) is 6.42 Å². The monoisotopic (exact) mass is 366 g/mol. The normalized spacial score (nSPS) is 18.2. The third-order valence-electron chi connectivity index (χ3n) is 4.19. The molecule has 0 spiro atoms. The molecular formula is C15H12F6N2S. The fraction of sp³-hybridized carbons (Fsp3) is 0.400. The lowest BCUT2D eigenvalue weighted by Gasteiger charge is -2.33. The van der Waals surface area contributed by atoms with Crippen molar-refractivity contribution in [2.75, 3.05) is 18.0 Å². The smallest absolute Gasteiger partial charge is 0.347 e. The van der Waals surface area contributed by atoms with Crippen molar-refractivity contribution in [2.24, 2.45) is 5.41 Å². The summed E-state index contributed by atoms with van der Waals surface area (Å²) >= 11 is 1.04. The maximum absolute atomic E-state index is 13.1. The van der Waals surface area contributed by atoms with Gasteiger partial charge in [0.15, 0.2) is 10.5 Å². The van der Waals surface area contributed by atoms with Gasteiger partial charge in [-0.1, -0.05) is 30.3 Å². The fourth-order valence-electron chi connectivity index (χ4n) is 2.75. The first-order valence-corrected chi connectivity index (χ1v) is 7.91. The zero-order chi connectivity index (χ0) is 17.6. The van der Waals surface area contributed by atoms with Crippen LogP contribution in [0.25, 0.3) is 11.3 Å². The largest absolute Gasteiger partial charge is 0.404 e. The number of alkyl halides is 6. The molecule has 1 aliphatic heterocycles.